The van der Waals surface area contributed by atoms with Gasteiger partial charge in [-0.2, -0.15) is 4.72 Å². The number of halogens is 1. The molecule has 2 N–H and O–H groups in total. The Morgan fingerprint density at radius 3 is 2.25 bits per heavy atom. The van der Waals surface area contributed by atoms with Crippen molar-refractivity contribution < 1.29 is 31.1 Å². The lowest BCUT2D eigenvalue weighted by molar-refractivity contribution is -0.138. The van der Waals surface area contributed by atoms with Crippen LogP contribution in [0, 0.1) is 5.82 Å². The number of benzene rings is 1. The number of sulfone groups is 1. The fourth-order valence-electron chi connectivity index (χ4n) is 1.30. The zero-order valence-electron chi connectivity index (χ0n) is 10.5. The van der Waals surface area contributed by atoms with E-state index in [0.717, 1.165) is 25.3 Å². The fraction of sp³-hybridized carbons (Fsp3) is 0.300. The summed E-state index contributed by atoms with van der Waals surface area (Å²) in [5, 5.41) is 8.62. The molecule has 1 aromatic carbocycles. The van der Waals surface area contributed by atoms with E-state index >= 15 is 0 Å². The Bertz CT molecular complexity index is 741. The fourth-order valence-corrected chi connectivity index (χ4v) is 3.24. The van der Waals surface area contributed by atoms with Crippen LogP contribution in [0.3, 0.4) is 0 Å². The Hall–Kier alpha value is -1.52. The van der Waals surface area contributed by atoms with E-state index in [1.165, 1.54) is 0 Å². The molecule has 0 aliphatic heterocycles. The normalized spacial score (nSPS) is 13.9. The van der Waals surface area contributed by atoms with Crippen LogP contribution in [0.5, 0.6) is 0 Å². The summed E-state index contributed by atoms with van der Waals surface area (Å²) in [6.45, 7) is 1.10. The summed E-state index contributed by atoms with van der Waals surface area (Å²) in [5.74, 6) is -2.62. The minimum atomic E-state index is -4.25. The van der Waals surface area contributed by atoms with Crippen LogP contribution in [0.4, 0.5) is 4.39 Å². The van der Waals surface area contributed by atoms with Gasteiger partial charge in [-0.1, -0.05) is 0 Å². The third-order valence-electron chi connectivity index (χ3n) is 2.32. The monoisotopic (exact) mass is 325 g/mol. The summed E-state index contributed by atoms with van der Waals surface area (Å²) < 4.78 is 61.3. The van der Waals surface area contributed by atoms with Crippen molar-refractivity contribution in [1.82, 2.24) is 4.72 Å². The van der Waals surface area contributed by atoms with E-state index in [2.05, 4.69) is 0 Å². The van der Waals surface area contributed by atoms with Crippen molar-refractivity contribution in [3.63, 3.8) is 0 Å². The zero-order chi connectivity index (χ0) is 15.7. The van der Waals surface area contributed by atoms with Crippen LogP contribution in [0.15, 0.2) is 28.0 Å². The maximum Gasteiger partial charge on any atom is 0.321 e. The van der Waals surface area contributed by atoms with Gasteiger partial charge in [0.1, 0.15) is 16.8 Å². The van der Waals surface area contributed by atoms with Crippen LogP contribution < -0.4 is 4.72 Å². The average Bonchev–Trinajstić information content (AvgIpc) is 2.26. The molecule has 0 radical (unpaired) electrons. The molecule has 0 aliphatic rings. The summed E-state index contributed by atoms with van der Waals surface area (Å²) in [4.78, 5) is 9.38. The number of sulfonamides is 1. The molecule has 0 spiro atoms. The number of hydrogen-bond donors (Lipinski definition) is 2. The molecule has 0 heterocycles. The first-order chi connectivity index (χ1) is 8.95. The molecule has 1 rings (SSSR count). The summed E-state index contributed by atoms with van der Waals surface area (Å²) >= 11 is 0. The first kappa shape index (κ1) is 16.5. The Kier molecular flexibility index (Phi) is 4.52. The maximum atomic E-state index is 13.6. The predicted molar refractivity (Wildman–Crippen MR) is 66.9 cm³/mol. The molecule has 0 saturated carbocycles. The second-order valence-corrected chi connectivity index (χ2v) is 7.74. The van der Waals surface area contributed by atoms with E-state index in [1.807, 2.05) is 4.72 Å². The molecule has 112 valence electrons. The van der Waals surface area contributed by atoms with Gasteiger partial charge in [-0.05, 0) is 25.1 Å². The van der Waals surface area contributed by atoms with Gasteiger partial charge in [0.15, 0.2) is 9.84 Å². The van der Waals surface area contributed by atoms with Gasteiger partial charge >= 0.3 is 5.97 Å². The maximum absolute atomic E-state index is 13.6. The first-order valence-electron chi connectivity index (χ1n) is 5.20. The van der Waals surface area contributed by atoms with Crippen molar-refractivity contribution in [2.45, 2.75) is 22.8 Å². The Morgan fingerprint density at radius 2 is 1.85 bits per heavy atom. The van der Waals surface area contributed by atoms with Crippen molar-refractivity contribution in [3.05, 3.63) is 24.0 Å². The lowest BCUT2D eigenvalue weighted by Crippen LogP contribution is -2.38. The lowest BCUT2D eigenvalue weighted by Gasteiger charge is -2.11. The highest BCUT2D eigenvalue weighted by Gasteiger charge is 2.23. The molecule has 20 heavy (non-hydrogen) atoms. The molecule has 0 bridgehead atoms. The second kappa shape index (κ2) is 5.46. The van der Waals surface area contributed by atoms with Crippen LogP contribution in [0.1, 0.15) is 6.92 Å². The van der Waals surface area contributed by atoms with Crippen LogP contribution >= 0.6 is 0 Å². The highest BCUT2D eigenvalue weighted by Crippen LogP contribution is 2.19. The molecule has 10 heteroatoms. The Morgan fingerprint density at radius 1 is 1.30 bits per heavy atom. The molecular formula is C10H12FNO6S2. The van der Waals surface area contributed by atoms with Crippen molar-refractivity contribution in [3.8, 4) is 0 Å². The molecule has 0 fully saturated rings. The largest absolute Gasteiger partial charge is 0.480 e. The molecular weight excluding hydrogens is 313 g/mol. The van der Waals surface area contributed by atoms with Crippen molar-refractivity contribution >= 4 is 25.8 Å². The third-order valence-corrected chi connectivity index (χ3v) is 4.98. The van der Waals surface area contributed by atoms with E-state index < -0.39 is 47.5 Å². The van der Waals surface area contributed by atoms with Crippen LogP contribution in [-0.2, 0) is 24.7 Å². The highest BCUT2D eigenvalue weighted by atomic mass is 32.2. The summed E-state index contributed by atoms with van der Waals surface area (Å²) in [5.41, 5.74) is 0. The molecule has 1 aromatic rings. The molecule has 0 aromatic heterocycles. The third kappa shape index (κ3) is 3.74. The number of carboxylic acid groups (broad SMARTS) is 1. The van der Waals surface area contributed by atoms with Gasteiger partial charge in [0.05, 0.1) is 4.90 Å². The van der Waals surface area contributed by atoms with Gasteiger partial charge in [0.2, 0.25) is 10.0 Å². The van der Waals surface area contributed by atoms with Crippen LogP contribution in [0.25, 0.3) is 0 Å². The molecule has 7 nitrogen and oxygen atoms in total. The number of hydrogen-bond acceptors (Lipinski definition) is 5. The average molecular weight is 325 g/mol. The lowest BCUT2D eigenvalue weighted by atomic mass is 10.3. The Labute approximate surface area is 115 Å². The quantitative estimate of drug-likeness (QED) is 0.785. The number of carbonyl (C=O) groups is 1. The standard InChI is InChI=1S/C10H12FNO6S2/c1-6(10(13)14)12-20(17,18)7-3-4-9(8(11)5-7)19(2,15)16/h3-6,12H,1-2H3,(H,13,14)/t6-/m0/s1. The summed E-state index contributed by atoms with van der Waals surface area (Å²) in [6, 6.07) is 0.812. The van der Waals surface area contributed by atoms with Crippen molar-refractivity contribution in [2.75, 3.05) is 6.26 Å². The Balaban J connectivity index is 3.23. The number of rotatable bonds is 5. The summed E-state index contributed by atoms with van der Waals surface area (Å²) in [7, 11) is -8.07. The topological polar surface area (TPSA) is 118 Å². The van der Waals surface area contributed by atoms with Gasteiger partial charge in [0, 0.05) is 6.26 Å². The summed E-state index contributed by atoms with van der Waals surface area (Å²) in [6.07, 6.45) is 0.782. The van der Waals surface area contributed by atoms with Crippen LogP contribution in [-0.4, -0.2) is 40.2 Å². The van der Waals surface area contributed by atoms with Gasteiger partial charge in [-0.3, -0.25) is 4.79 Å². The zero-order valence-corrected chi connectivity index (χ0v) is 12.1. The predicted octanol–water partition coefficient (Wildman–Crippen LogP) is -0.0194. The molecule has 1 atom stereocenters. The number of nitrogens with one attached hydrogen (secondary N) is 1. The smallest absolute Gasteiger partial charge is 0.321 e. The van der Waals surface area contributed by atoms with E-state index in [0.29, 0.717) is 6.07 Å². The van der Waals surface area contributed by atoms with Crippen LogP contribution in [0.2, 0.25) is 0 Å². The van der Waals surface area contributed by atoms with E-state index in [4.69, 9.17) is 5.11 Å². The van der Waals surface area contributed by atoms with E-state index in [9.17, 15) is 26.0 Å². The number of aliphatic carboxylic acids is 1. The second-order valence-electron chi connectivity index (χ2n) is 4.05. The van der Waals surface area contributed by atoms with Gasteiger partial charge in [-0.25, -0.2) is 21.2 Å². The minimum absolute atomic E-state index is 0.521. The highest BCUT2D eigenvalue weighted by molar-refractivity contribution is 7.90. The van der Waals surface area contributed by atoms with Gasteiger partial charge in [-0.15, -0.1) is 0 Å². The SMILES string of the molecule is C[C@H](NS(=O)(=O)c1ccc(S(C)(=O)=O)c(F)c1)C(=O)O. The minimum Gasteiger partial charge on any atom is -0.480 e. The molecule has 0 aliphatic carbocycles. The van der Waals surface area contributed by atoms with Gasteiger partial charge < -0.3 is 5.11 Å². The molecule has 0 amide bonds. The molecule has 0 unspecified atom stereocenters. The van der Waals surface area contributed by atoms with E-state index in [1.54, 1.807) is 0 Å². The van der Waals surface area contributed by atoms with Gasteiger partial charge in [0.25, 0.3) is 0 Å². The van der Waals surface area contributed by atoms with Crippen molar-refractivity contribution in [1.29, 1.82) is 0 Å². The first-order valence-corrected chi connectivity index (χ1v) is 8.57. The van der Waals surface area contributed by atoms with E-state index in [-0.39, 0.29) is 0 Å². The molecule has 0 saturated heterocycles. The van der Waals surface area contributed by atoms with Crippen molar-refractivity contribution in [2.24, 2.45) is 0 Å². The number of carboxylic acids is 1.